The van der Waals surface area contributed by atoms with Crippen molar-refractivity contribution in [1.29, 1.82) is 0 Å². The van der Waals surface area contributed by atoms with Crippen LogP contribution in [0.5, 0.6) is 0 Å². The number of nitrogens with two attached hydrogens (primary N) is 1. The van der Waals surface area contributed by atoms with Crippen molar-refractivity contribution in [2.45, 2.75) is 32.7 Å². The molecule has 0 unspecified atom stereocenters. The molecule has 6 heteroatoms. The number of aryl methyl sites for hydroxylation is 1. The van der Waals surface area contributed by atoms with E-state index in [2.05, 4.69) is 31.1 Å². The van der Waals surface area contributed by atoms with Crippen molar-refractivity contribution in [2.75, 3.05) is 25.9 Å². The zero-order valence-electron chi connectivity index (χ0n) is 13.0. The SMILES string of the molecule is CC(C)N(C)CCNC(=O)CCc1ccccc1N.Cl.Cl. The van der Waals surface area contributed by atoms with Gasteiger partial charge in [0.1, 0.15) is 0 Å². The van der Waals surface area contributed by atoms with Crippen LogP contribution in [0.25, 0.3) is 0 Å². The van der Waals surface area contributed by atoms with E-state index < -0.39 is 0 Å². The maximum Gasteiger partial charge on any atom is 0.220 e. The van der Waals surface area contributed by atoms with Gasteiger partial charge in [0.25, 0.3) is 0 Å². The Hall–Kier alpha value is -0.970. The lowest BCUT2D eigenvalue weighted by Crippen LogP contribution is -2.36. The lowest BCUT2D eigenvalue weighted by atomic mass is 10.1. The van der Waals surface area contributed by atoms with Crippen molar-refractivity contribution in [2.24, 2.45) is 0 Å². The zero-order chi connectivity index (χ0) is 14.3. The summed E-state index contributed by atoms with van der Waals surface area (Å²) in [6, 6.07) is 8.18. The van der Waals surface area contributed by atoms with E-state index in [4.69, 9.17) is 5.73 Å². The van der Waals surface area contributed by atoms with E-state index in [0.717, 1.165) is 17.8 Å². The summed E-state index contributed by atoms with van der Waals surface area (Å²) in [6.07, 6.45) is 1.18. The predicted octanol–water partition coefficient (Wildman–Crippen LogP) is 2.50. The second-order valence-electron chi connectivity index (χ2n) is 5.12. The molecule has 0 fully saturated rings. The van der Waals surface area contributed by atoms with E-state index >= 15 is 0 Å². The molecule has 0 bridgehead atoms. The lowest BCUT2D eigenvalue weighted by molar-refractivity contribution is -0.121. The van der Waals surface area contributed by atoms with E-state index in [9.17, 15) is 4.79 Å². The molecule has 122 valence electrons. The molecule has 1 rings (SSSR count). The van der Waals surface area contributed by atoms with Crippen LogP contribution >= 0.6 is 24.8 Å². The molecule has 0 saturated heterocycles. The third-order valence-electron chi connectivity index (χ3n) is 3.34. The summed E-state index contributed by atoms with van der Waals surface area (Å²) in [7, 11) is 2.06. The van der Waals surface area contributed by atoms with Crippen molar-refractivity contribution < 1.29 is 4.79 Å². The van der Waals surface area contributed by atoms with Crippen LogP contribution in [0.15, 0.2) is 24.3 Å². The number of amides is 1. The van der Waals surface area contributed by atoms with E-state index in [1.807, 2.05) is 24.3 Å². The molecule has 3 N–H and O–H groups in total. The van der Waals surface area contributed by atoms with Crippen molar-refractivity contribution in [3.05, 3.63) is 29.8 Å². The summed E-state index contributed by atoms with van der Waals surface area (Å²) in [5.41, 5.74) is 7.64. The average Bonchev–Trinajstić information content (AvgIpc) is 2.37. The number of nitrogen functional groups attached to an aromatic ring is 1. The molecule has 0 aromatic heterocycles. The van der Waals surface area contributed by atoms with Gasteiger partial charge >= 0.3 is 0 Å². The topological polar surface area (TPSA) is 58.4 Å². The van der Waals surface area contributed by atoms with Gasteiger partial charge in [-0.05, 0) is 38.9 Å². The number of nitrogens with one attached hydrogen (secondary N) is 1. The number of halogens is 2. The smallest absolute Gasteiger partial charge is 0.220 e. The Morgan fingerprint density at radius 2 is 1.90 bits per heavy atom. The van der Waals surface area contributed by atoms with Gasteiger partial charge < -0.3 is 16.0 Å². The Morgan fingerprint density at radius 1 is 1.29 bits per heavy atom. The number of carbonyl (C=O) groups is 1. The second kappa shape index (κ2) is 11.7. The Morgan fingerprint density at radius 3 is 2.48 bits per heavy atom. The van der Waals surface area contributed by atoms with Crippen molar-refractivity contribution >= 4 is 36.4 Å². The summed E-state index contributed by atoms with van der Waals surface area (Å²) >= 11 is 0. The van der Waals surface area contributed by atoms with E-state index in [-0.39, 0.29) is 30.7 Å². The number of rotatable bonds is 7. The molecule has 1 amide bonds. The maximum absolute atomic E-state index is 11.7. The van der Waals surface area contributed by atoms with Crippen LogP contribution in [0.4, 0.5) is 5.69 Å². The Bertz CT molecular complexity index is 414. The minimum atomic E-state index is 0. The first kappa shape index (κ1) is 22.3. The van der Waals surface area contributed by atoms with Crippen LogP contribution in [-0.2, 0) is 11.2 Å². The number of hydrogen-bond donors (Lipinski definition) is 2. The van der Waals surface area contributed by atoms with Crippen LogP contribution in [-0.4, -0.2) is 37.0 Å². The number of anilines is 1. The number of para-hydroxylation sites is 1. The van der Waals surface area contributed by atoms with Crippen molar-refractivity contribution in [1.82, 2.24) is 10.2 Å². The quantitative estimate of drug-likeness (QED) is 0.752. The third-order valence-corrected chi connectivity index (χ3v) is 3.34. The summed E-state index contributed by atoms with van der Waals surface area (Å²) in [4.78, 5) is 13.9. The van der Waals surface area contributed by atoms with Crippen LogP contribution in [0, 0.1) is 0 Å². The first-order chi connectivity index (χ1) is 9.00. The molecule has 1 aromatic carbocycles. The van der Waals surface area contributed by atoms with Gasteiger partial charge in [-0.1, -0.05) is 18.2 Å². The van der Waals surface area contributed by atoms with Gasteiger partial charge in [0, 0.05) is 31.2 Å². The molecule has 0 aliphatic carbocycles. The third kappa shape index (κ3) is 8.81. The molecular formula is C15H27Cl2N3O. The average molecular weight is 336 g/mol. The van der Waals surface area contributed by atoms with Gasteiger partial charge in [-0.3, -0.25) is 4.79 Å². The molecular weight excluding hydrogens is 309 g/mol. The monoisotopic (exact) mass is 335 g/mol. The fourth-order valence-electron chi connectivity index (χ4n) is 1.73. The largest absolute Gasteiger partial charge is 0.399 e. The van der Waals surface area contributed by atoms with E-state index in [1.165, 1.54) is 0 Å². The molecule has 0 atom stereocenters. The first-order valence-corrected chi connectivity index (χ1v) is 6.81. The number of carbonyl (C=O) groups excluding carboxylic acids is 1. The zero-order valence-corrected chi connectivity index (χ0v) is 14.6. The molecule has 4 nitrogen and oxygen atoms in total. The maximum atomic E-state index is 11.7. The minimum Gasteiger partial charge on any atom is -0.399 e. The highest BCUT2D eigenvalue weighted by atomic mass is 35.5. The van der Waals surface area contributed by atoms with Gasteiger partial charge in [0.15, 0.2) is 0 Å². The van der Waals surface area contributed by atoms with Gasteiger partial charge in [-0.2, -0.15) is 0 Å². The number of benzene rings is 1. The first-order valence-electron chi connectivity index (χ1n) is 6.81. The number of hydrogen-bond acceptors (Lipinski definition) is 3. The normalized spacial score (nSPS) is 9.95. The van der Waals surface area contributed by atoms with Gasteiger partial charge in [-0.15, -0.1) is 24.8 Å². The predicted molar refractivity (Wildman–Crippen MR) is 94.4 cm³/mol. The Kier molecular flexibility index (Phi) is 12.4. The lowest BCUT2D eigenvalue weighted by Gasteiger charge is -2.20. The molecule has 0 heterocycles. The summed E-state index contributed by atoms with van der Waals surface area (Å²) in [6.45, 7) is 5.84. The highest BCUT2D eigenvalue weighted by Gasteiger charge is 2.06. The summed E-state index contributed by atoms with van der Waals surface area (Å²) in [5.74, 6) is 0.0837. The van der Waals surface area contributed by atoms with E-state index in [1.54, 1.807) is 0 Å². The molecule has 0 spiro atoms. The highest BCUT2D eigenvalue weighted by molar-refractivity contribution is 5.85. The fourth-order valence-corrected chi connectivity index (χ4v) is 1.73. The molecule has 0 aliphatic heterocycles. The van der Waals surface area contributed by atoms with E-state index in [0.29, 0.717) is 25.4 Å². The van der Waals surface area contributed by atoms with Crippen molar-refractivity contribution in [3.63, 3.8) is 0 Å². The van der Waals surface area contributed by atoms with Gasteiger partial charge in [-0.25, -0.2) is 0 Å². The molecule has 0 saturated carbocycles. The molecule has 21 heavy (non-hydrogen) atoms. The standard InChI is InChI=1S/C15H25N3O.2ClH/c1-12(2)18(3)11-10-17-15(19)9-8-13-6-4-5-7-14(13)16;;/h4-7,12H,8-11,16H2,1-3H3,(H,17,19);2*1H. The molecule has 1 aromatic rings. The Labute approximate surface area is 140 Å². The van der Waals surface area contributed by atoms with Crippen LogP contribution in [0.2, 0.25) is 0 Å². The number of likely N-dealkylation sites (N-methyl/N-ethyl adjacent to an activating group) is 1. The van der Waals surface area contributed by atoms with Gasteiger partial charge in [0.2, 0.25) is 5.91 Å². The van der Waals surface area contributed by atoms with Crippen molar-refractivity contribution in [3.8, 4) is 0 Å². The van der Waals surface area contributed by atoms with Gasteiger partial charge in [0.05, 0.1) is 0 Å². The molecule has 0 aliphatic rings. The minimum absolute atomic E-state index is 0. The second-order valence-corrected chi connectivity index (χ2v) is 5.12. The Balaban J connectivity index is 0. The summed E-state index contributed by atoms with van der Waals surface area (Å²) < 4.78 is 0. The van der Waals surface area contributed by atoms with Crippen LogP contribution in [0.3, 0.4) is 0 Å². The fraction of sp³-hybridized carbons (Fsp3) is 0.533. The summed E-state index contributed by atoms with van der Waals surface area (Å²) in [5, 5.41) is 2.94. The highest BCUT2D eigenvalue weighted by Crippen LogP contribution is 2.12. The van der Waals surface area contributed by atoms with Crippen LogP contribution < -0.4 is 11.1 Å². The number of nitrogens with zero attached hydrogens (tertiary/aromatic N) is 1. The van der Waals surface area contributed by atoms with Crippen LogP contribution in [0.1, 0.15) is 25.8 Å². The molecule has 0 radical (unpaired) electrons.